The van der Waals surface area contributed by atoms with Crippen LogP contribution < -0.4 is 0 Å². The summed E-state index contributed by atoms with van der Waals surface area (Å²) in [5.41, 5.74) is 0. The van der Waals surface area contributed by atoms with Gasteiger partial charge in [0.25, 0.3) is 0 Å². The van der Waals surface area contributed by atoms with Crippen molar-refractivity contribution in [2.75, 3.05) is 32.7 Å². The van der Waals surface area contributed by atoms with Gasteiger partial charge in [-0.3, -0.25) is 0 Å². The monoisotopic (exact) mass is 358 g/mol. The fourth-order valence-corrected chi connectivity index (χ4v) is 1.37. The average Bonchev–Trinajstić information content (AvgIpc) is 2.17. The Morgan fingerprint density at radius 1 is 1.38 bits per heavy atom. The summed E-state index contributed by atoms with van der Waals surface area (Å²) < 4.78 is 0. The molecule has 1 amide bonds. The van der Waals surface area contributed by atoms with Crippen molar-refractivity contribution < 1.29 is 30.3 Å². The molecule has 1 fully saturated rings. The van der Waals surface area contributed by atoms with E-state index in [4.69, 9.17) is 5.11 Å². The number of rotatable bonds is 2. The third kappa shape index (κ3) is 3.65. The van der Waals surface area contributed by atoms with Gasteiger partial charge in [0.15, 0.2) is 0 Å². The molecule has 5 heteroatoms. The molecular weight excluding hydrogens is 342 g/mol. The van der Waals surface area contributed by atoms with Crippen molar-refractivity contribution in [2.24, 2.45) is 0 Å². The van der Waals surface area contributed by atoms with Crippen LogP contribution in [-0.4, -0.2) is 53.5 Å². The number of hydrogen-bond donors (Lipinski definition) is 1. The summed E-state index contributed by atoms with van der Waals surface area (Å²) in [6.07, 6.45) is 0. The van der Waals surface area contributed by atoms with E-state index in [9.17, 15) is 4.79 Å². The van der Waals surface area contributed by atoms with Crippen molar-refractivity contribution >= 4 is 5.91 Å². The standard InChI is InChI=1S/C8H15N2O2.Re/c1-2-9-3-5-10(6-4-9)8(12)7-11;/h7,11H,2-6H2,1H3;/q-1;. The molecule has 1 rings (SSSR count). The number of hydrogen-bond acceptors (Lipinski definition) is 3. The van der Waals surface area contributed by atoms with Gasteiger partial charge in [0.2, 0.25) is 0 Å². The summed E-state index contributed by atoms with van der Waals surface area (Å²) >= 11 is 0. The SMILES string of the molecule is CCN1CCN(C(=O)[CH-]O)CC1.[Re]. The summed E-state index contributed by atoms with van der Waals surface area (Å²) in [6, 6.07) is 0. The molecule has 0 saturated carbocycles. The minimum absolute atomic E-state index is 0. The summed E-state index contributed by atoms with van der Waals surface area (Å²) in [7, 11) is 0. The van der Waals surface area contributed by atoms with Gasteiger partial charge in [0.05, 0.1) is 0 Å². The smallest absolute Gasteiger partial charge is 0.109 e. The second kappa shape index (κ2) is 6.39. The van der Waals surface area contributed by atoms with Gasteiger partial charge in [-0.15, -0.1) is 0 Å². The summed E-state index contributed by atoms with van der Waals surface area (Å²) in [5, 5.41) is 8.48. The van der Waals surface area contributed by atoms with Crippen LogP contribution in [0.2, 0.25) is 0 Å². The van der Waals surface area contributed by atoms with Gasteiger partial charge in [-0.1, -0.05) is 6.92 Å². The Morgan fingerprint density at radius 2 is 1.92 bits per heavy atom. The van der Waals surface area contributed by atoms with Gasteiger partial charge in [0, 0.05) is 46.6 Å². The van der Waals surface area contributed by atoms with Crippen molar-refractivity contribution in [1.82, 2.24) is 9.80 Å². The molecule has 0 aromatic carbocycles. The molecule has 13 heavy (non-hydrogen) atoms. The van der Waals surface area contributed by atoms with E-state index in [0.717, 1.165) is 32.7 Å². The summed E-state index contributed by atoms with van der Waals surface area (Å²) in [4.78, 5) is 14.9. The molecule has 0 unspecified atom stereocenters. The Bertz CT molecular complexity index is 158. The predicted molar refractivity (Wildman–Crippen MR) is 44.9 cm³/mol. The molecule has 1 aliphatic heterocycles. The normalized spacial score (nSPS) is 17.8. The Kier molecular flexibility index (Phi) is 6.35. The van der Waals surface area contributed by atoms with Crippen LogP contribution in [0.1, 0.15) is 6.92 Å². The third-order valence-electron chi connectivity index (χ3n) is 2.24. The molecule has 0 spiro atoms. The minimum atomic E-state index is -0.272. The Balaban J connectivity index is 0.00000144. The molecule has 1 radical (unpaired) electrons. The van der Waals surface area contributed by atoms with Crippen molar-refractivity contribution in [1.29, 1.82) is 0 Å². The maximum atomic E-state index is 11.0. The maximum Gasteiger partial charge on any atom is 0.109 e. The predicted octanol–water partition coefficient (Wildman–Crippen LogP) is -0.318. The molecule has 1 heterocycles. The van der Waals surface area contributed by atoms with Crippen LogP contribution in [0.3, 0.4) is 0 Å². The molecule has 77 valence electrons. The first kappa shape index (κ1) is 12.9. The van der Waals surface area contributed by atoms with Crippen LogP contribution in [0.5, 0.6) is 0 Å². The van der Waals surface area contributed by atoms with Gasteiger partial charge in [-0.25, -0.2) is 0 Å². The molecule has 1 aliphatic rings. The maximum absolute atomic E-state index is 11.0. The molecule has 0 aromatic rings. The van der Waals surface area contributed by atoms with E-state index in [1.54, 1.807) is 4.90 Å². The minimum Gasteiger partial charge on any atom is -0.538 e. The van der Waals surface area contributed by atoms with Crippen LogP contribution >= 0.6 is 0 Å². The van der Waals surface area contributed by atoms with Crippen LogP contribution in [0.25, 0.3) is 0 Å². The molecule has 1 saturated heterocycles. The topological polar surface area (TPSA) is 43.8 Å². The Hall–Kier alpha value is -0.0777. The van der Waals surface area contributed by atoms with Gasteiger partial charge in [0.1, 0.15) is 5.91 Å². The quantitative estimate of drug-likeness (QED) is 0.689. The number of nitrogens with zero attached hydrogens (tertiary/aromatic N) is 2. The Morgan fingerprint density at radius 3 is 2.31 bits per heavy atom. The van der Waals surface area contributed by atoms with E-state index in [-0.39, 0.29) is 26.3 Å². The van der Waals surface area contributed by atoms with E-state index >= 15 is 0 Å². The van der Waals surface area contributed by atoms with Crippen molar-refractivity contribution in [3.05, 3.63) is 6.61 Å². The zero-order chi connectivity index (χ0) is 8.97. The van der Waals surface area contributed by atoms with Gasteiger partial charge < -0.3 is 19.7 Å². The van der Waals surface area contributed by atoms with Gasteiger partial charge in [-0.2, -0.15) is 6.61 Å². The van der Waals surface area contributed by atoms with Crippen molar-refractivity contribution in [3.8, 4) is 0 Å². The molecule has 0 bridgehead atoms. The molecule has 4 nitrogen and oxygen atoms in total. The molecule has 0 atom stereocenters. The number of piperazine rings is 1. The molecule has 0 aromatic heterocycles. The first-order chi connectivity index (χ1) is 5.77. The molecular formula is C8H15N2O2Re-. The van der Waals surface area contributed by atoms with E-state index in [1.165, 1.54) is 0 Å². The Labute approximate surface area is 92.5 Å². The fraction of sp³-hybridized carbons (Fsp3) is 0.750. The third-order valence-corrected chi connectivity index (χ3v) is 2.24. The molecule has 1 N–H and O–H groups in total. The second-order valence-electron chi connectivity index (χ2n) is 2.89. The number of likely N-dealkylation sites (N-methyl/N-ethyl adjacent to an activating group) is 1. The second-order valence-corrected chi connectivity index (χ2v) is 2.89. The van der Waals surface area contributed by atoms with E-state index in [2.05, 4.69) is 11.8 Å². The number of aliphatic hydroxyl groups excluding tert-OH is 1. The van der Waals surface area contributed by atoms with Crippen LogP contribution in [0, 0.1) is 6.61 Å². The van der Waals surface area contributed by atoms with Crippen molar-refractivity contribution in [2.45, 2.75) is 6.92 Å². The van der Waals surface area contributed by atoms with E-state index in [1.807, 2.05) is 0 Å². The van der Waals surface area contributed by atoms with E-state index in [0.29, 0.717) is 6.61 Å². The summed E-state index contributed by atoms with van der Waals surface area (Å²) in [6.45, 7) is 7.06. The van der Waals surface area contributed by atoms with Crippen molar-refractivity contribution in [3.63, 3.8) is 0 Å². The van der Waals surface area contributed by atoms with Gasteiger partial charge >= 0.3 is 0 Å². The molecule has 0 aliphatic carbocycles. The first-order valence-electron chi connectivity index (χ1n) is 4.26. The number of amides is 1. The van der Waals surface area contributed by atoms with Crippen LogP contribution in [-0.2, 0) is 25.2 Å². The number of carbonyl (C=O) groups is 1. The average molecular weight is 357 g/mol. The zero-order valence-corrected chi connectivity index (χ0v) is 10.5. The van der Waals surface area contributed by atoms with Crippen LogP contribution in [0.15, 0.2) is 0 Å². The largest absolute Gasteiger partial charge is 0.538 e. The number of carbonyl (C=O) groups excluding carboxylic acids is 1. The summed E-state index contributed by atoms with van der Waals surface area (Å²) in [5.74, 6) is -0.272. The first-order valence-corrected chi connectivity index (χ1v) is 4.26. The zero-order valence-electron chi connectivity index (χ0n) is 7.74. The van der Waals surface area contributed by atoms with E-state index < -0.39 is 0 Å². The van der Waals surface area contributed by atoms with Crippen LogP contribution in [0.4, 0.5) is 0 Å². The van der Waals surface area contributed by atoms with Gasteiger partial charge in [-0.05, 0) is 6.54 Å². The fourth-order valence-electron chi connectivity index (χ4n) is 1.37. The number of aliphatic hydroxyl groups is 1.